The van der Waals surface area contributed by atoms with Crippen LogP contribution in [0, 0.1) is 0 Å². The van der Waals surface area contributed by atoms with Gasteiger partial charge in [0.2, 0.25) is 0 Å². The molecule has 0 radical (unpaired) electrons. The first-order chi connectivity index (χ1) is 5.84. The second kappa shape index (κ2) is 4.95. The molecule has 1 rings (SSSR count). The van der Waals surface area contributed by atoms with E-state index in [1.165, 1.54) is 0 Å². The van der Waals surface area contributed by atoms with Crippen molar-refractivity contribution in [3.63, 3.8) is 0 Å². The van der Waals surface area contributed by atoms with Crippen molar-refractivity contribution in [2.45, 2.75) is 25.3 Å². The number of nitrogens with two attached hydrogens (primary N) is 1. The lowest BCUT2D eigenvalue weighted by molar-refractivity contribution is 0.280. The van der Waals surface area contributed by atoms with E-state index in [9.17, 15) is 0 Å². The van der Waals surface area contributed by atoms with E-state index in [-0.39, 0.29) is 12.6 Å². The standard InChI is InChI=1S/C9H15NO2/c10-8(4-1-2-6-11)9-5-3-7-12-9/h3,5,7-8,11H,1-2,4,6,10H2. The van der Waals surface area contributed by atoms with Gasteiger partial charge in [0.1, 0.15) is 5.76 Å². The molecule has 0 amide bonds. The van der Waals surface area contributed by atoms with Crippen LogP contribution in [0.5, 0.6) is 0 Å². The molecule has 0 bridgehead atoms. The molecule has 1 heterocycles. The lowest BCUT2D eigenvalue weighted by Gasteiger charge is -2.06. The molecule has 0 aliphatic carbocycles. The summed E-state index contributed by atoms with van der Waals surface area (Å²) in [6, 6.07) is 3.69. The summed E-state index contributed by atoms with van der Waals surface area (Å²) in [6.45, 7) is 0.241. The molecule has 68 valence electrons. The second-order valence-corrected chi connectivity index (χ2v) is 2.84. The van der Waals surface area contributed by atoms with Gasteiger partial charge in [-0.2, -0.15) is 0 Å². The summed E-state index contributed by atoms with van der Waals surface area (Å²) in [5, 5.41) is 8.55. The zero-order chi connectivity index (χ0) is 8.81. The molecule has 0 aliphatic rings. The SMILES string of the molecule is NC(CCCCO)c1ccco1. The van der Waals surface area contributed by atoms with Crippen LogP contribution in [-0.2, 0) is 0 Å². The van der Waals surface area contributed by atoms with E-state index < -0.39 is 0 Å². The number of rotatable bonds is 5. The lowest BCUT2D eigenvalue weighted by Crippen LogP contribution is -2.09. The molecule has 1 unspecified atom stereocenters. The summed E-state index contributed by atoms with van der Waals surface area (Å²) in [5.74, 6) is 0.827. The Morgan fingerprint density at radius 2 is 2.33 bits per heavy atom. The quantitative estimate of drug-likeness (QED) is 0.656. The van der Waals surface area contributed by atoms with Crippen LogP contribution in [-0.4, -0.2) is 11.7 Å². The van der Waals surface area contributed by atoms with Gasteiger partial charge < -0.3 is 15.3 Å². The lowest BCUT2D eigenvalue weighted by atomic mass is 10.1. The molecule has 1 atom stereocenters. The molecular formula is C9H15NO2. The molecular weight excluding hydrogens is 154 g/mol. The smallest absolute Gasteiger partial charge is 0.120 e. The fraction of sp³-hybridized carbons (Fsp3) is 0.556. The van der Waals surface area contributed by atoms with Crippen LogP contribution in [0.2, 0.25) is 0 Å². The van der Waals surface area contributed by atoms with Gasteiger partial charge in [0, 0.05) is 6.61 Å². The van der Waals surface area contributed by atoms with Crippen LogP contribution in [0.1, 0.15) is 31.1 Å². The summed E-state index contributed by atoms with van der Waals surface area (Å²) >= 11 is 0. The molecule has 3 heteroatoms. The fourth-order valence-corrected chi connectivity index (χ4v) is 1.12. The van der Waals surface area contributed by atoms with Gasteiger partial charge in [0.05, 0.1) is 12.3 Å². The Hall–Kier alpha value is -0.800. The van der Waals surface area contributed by atoms with E-state index in [4.69, 9.17) is 15.3 Å². The van der Waals surface area contributed by atoms with Gasteiger partial charge in [-0.15, -0.1) is 0 Å². The first kappa shape index (κ1) is 9.29. The van der Waals surface area contributed by atoms with Crippen molar-refractivity contribution in [2.75, 3.05) is 6.61 Å². The third-order valence-electron chi connectivity index (χ3n) is 1.83. The number of hydrogen-bond acceptors (Lipinski definition) is 3. The summed E-state index contributed by atoms with van der Waals surface area (Å²) in [5.41, 5.74) is 5.80. The Kier molecular flexibility index (Phi) is 3.84. The van der Waals surface area contributed by atoms with Crippen LogP contribution in [0.25, 0.3) is 0 Å². The summed E-state index contributed by atoms with van der Waals surface area (Å²) in [4.78, 5) is 0. The van der Waals surface area contributed by atoms with Crippen molar-refractivity contribution in [3.8, 4) is 0 Å². The maximum Gasteiger partial charge on any atom is 0.120 e. The predicted octanol–water partition coefficient (Wildman–Crippen LogP) is 1.44. The zero-order valence-electron chi connectivity index (χ0n) is 7.07. The summed E-state index contributed by atoms with van der Waals surface area (Å²) in [6.07, 6.45) is 4.25. The molecule has 12 heavy (non-hydrogen) atoms. The number of aliphatic hydroxyl groups is 1. The van der Waals surface area contributed by atoms with Gasteiger partial charge in [-0.1, -0.05) is 0 Å². The molecule has 3 nitrogen and oxygen atoms in total. The van der Waals surface area contributed by atoms with E-state index in [2.05, 4.69) is 0 Å². The van der Waals surface area contributed by atoms with Gasteiger partial charge in [-0.3, -0.25) is 0 Å². The first-order valence-corrected chi connectivity index (χ1v) is 4.24. The number of aliphatic hydroxyl groups excluding tert-OH is 1. The Bertz CT molecular complexity index is 196. The van der Waals surface area contributed by atoms with Crippen molar-refractivity contribution < 1.29 is 9.52 Å². The molecule has 1 aromatic heterocycles. The Morgan fingerprint density at radius 1 is 1.50 bits per heavy atom. The van der Waals surface area contributed by atoms with E-state index in [0.29, 0.717) is 0 Å². The van der Waals surface area contributed by atoms with E-state index in [0.717, 1.165) is 25.0 Å². The molecule has 0 saturated carbocycles. The number of hydrogen-bond donors (Lipinski definition) is 2. The van der Waals surface area contributed by atoms with Crippen LogP contribution < -0.4 is 5.73 Å². The molecule has 0 saturated heterocycles. The van der Waals surface area contributed by atoms with E-state index in [1.807, 2.05) is 12.1 Å². The average molecular weight is 169 g/mol. The monoisotopic (exact) mass is 169 g/mol. The van der Waals surface area contributed by atoms with Crippen molar-refractivity contribution in [3.05, 3.63) is 24.2 Å². The minimum Gasteiger partial charge on any atom is -0.468 e. The molecule has 3 N–H and O–H groups in total. The maximum atomic E-state index is 8.55. The predicted molar refractivity (Wildman–Crippen MR) is 46.6 cm³/mol. The number of furan rings is 1. The van der Waals surface area contributed by atoms with Crippen LogP contribution in [0.3, 0.4) is 0 Å². The van der Waals surface area contributed by atoms with Crippen LogP contribution in [0.15, 0.2) is 22.8 Å². The average Bonchev–Trinajstić information content (AvgIpc) is 2.56. The largest absolute Gasteiger partial charge is 0.468 e. The second-order valence-electron chi connectivity index (χ2n) is 2.84. The topological polar surface area (TPSA) is 59.4 Å². The Labute approximate surface area is 72.2 Å². The highest BCUT2D eigenvalue weighted by Gasteiger charge is 2.07. The Balaban J connectivity index is 2.25. The van der Waals surface area contributed by atoms with Crippen LogP contribution in [0.4, 0.5) is 0 Å². The molecule has 0 fully saturated rings. The van der Waals surface area contributed by atoms with E-state index >= 15 is 0 Å². The molecule has 0 aliphatic heterocycles. The molecule has 0 spiro atoms. The van der Waals surface area contributed by atoms with E-state index in [1.54, 1.807) is 6.26 Å². The molecule has 1 aromatic rings. The zero-order valence-corrected chi connectivity index (χ0v) is 7.07. The highest BCUT2D eigenvalue weighted by atomic mass is 16.3. The third-order valence-corrected chi connectivity index (χ3v) is 1.83. The summed E-state index contributed by atoms with van der Waals surface area (Å²) < 4.78 is 5.14. The van der Waals surface area contributed by atoms with Crippen molar-refractivity contribution in [1.29, 1.82) is 0 Å². The fourth-order valence-electron chi connectivity index (χ4n) is 1.12. The molecule has 0 aromatic carbocycles. The number of unbranched alkanes of at least 4 members (excludes halogenated alkanes) is 1. The highest BCUT2D eigenvalue weighted by molar-refractivity contribution is 5.02. The van der Waals surface area contributed by atoms with Gasteiger partial charge in [0.15, 0.2) is 0 Å². The van der Waals surface area contributed by atoms with Crippen molar-refractivity contribution >= 4 is 0 Å². The third kappa shape index (κ3) is 2.68. The van der Waals surface area contributed by atoms with Crippen LogP contribution >= 0.6 is 0 Å². The minimum absolute atomic E-state index is 0.0217. The van der Waals surface area contributed by atoms with Crippen molar-refractivity contribution in [2.24, 2.45) is 5.73 Å². The summed E-state index contributed by atoms with van der Waals surface area (Å²) in [7, 11) is 0. The maximum absolute atomic E-state index is 8.55. The minimum atomic E-state index is -0.0217. The Morgan fingerprint density at radius 3 is 2.92 bits per heavy atom. The van der Waals surface area contributed by atoms with Gasteiger partial charge in [0.25, 0.3) is 0 Å². The van der Waals surface area contributed by atoms with Crippen molar-refractivity contribution in [1.82, 2.24) is 0 Å². The first-order valence-electron chi connectivity index (χ1n) is 4.24. The highest BCUT2D eigenvalue weighted by Crippen LogP contribution is 2.16. The van der Waals surface area contributed by atoms with Gasteiger partial charge >= 0.3 is 0 Å². The van der Waals surface area contributed by atoms with Gasteiger partial charge in [-0.05, 0) is 31.4 Å². The van der Waals surface area contributed by atoms with Gasteiger partial charge in [-0.25, -0.2) is 0 Å². The normalized spacial score (nSPS) is 13.2.